The fourth-order valence-electron chi connectivity index (χ4n) is 0.435. The highest BCUT2D eigenvalue weighted by atomic mass is 35.5. The van der Waals surface area contributed by atoms with Gasteiger partial charge in [0, 0.05) is 0 Å². The second-order valence-electron chi connectivity index (χ2n) is 2.83. The summed E-state index contributed by atoms with van der Waals surface area (Å²) in [5.41, 5.74) is -1.68. The van der Waals surface area contributed by atoms with Crippen LogP contribution in [0.25, 0.3) is 0 Å². The summed E-state index contributed by atoms with van der Waals surface area (Å²) in [6, 6.07) is 0. The number of halogens is 2. The maximum Gasteiger partial charge on any atom is 0.324 e. The second-order valence-corrected chi connectivity index (χ2v) is 5.19. The van der Waals surface area contributed by atoms with Crippen molar-refractivity contribution in [1.29, 1.82) is 0 Å². The zero-order valence-corrected chi connectivity index (χ0v) is 12.5. The molecule has 0 aliphatic heterocycles. The van der Waals surface area contributed by atoms with Crippen LogP contribution in [0.2, 0.25) is 0 Å². The maximum atomic E-state index is 8.98. The zero-order valence-electron chi connectivity index (χ0n) is 9.24. The fourth-order valence-corrected chi connectivity index (χ4v) is 0.794. The second kappa shape index (κ2) is 12.8. The van der Waals surface area contributed by atoms with E-state index in [-0.39, 0.29) is 0 Å². The van der Waals surface area contributed by atoms with Crippen LogP contribution >= 0.6 is 40.4 Å². The van der Waals surface area contributed by atoms with E-state index in [0.717, 1.165) is 0 Å². The Bertz CT molecular complexity index is 177. The number of aliphatic hydroxyl groups excluding tert-OH is 3. The summed E-state index contributed by atoms with van der Waals surface area (Å²) in [7, 11) is -5.24. The van der Waals surface area contributed by atoms with Gasteiger partial charge in [0.25, 0.3) is 0 Å². The molecule has 0 rings (SSSR count). The quantitative estimate of drug-likeness (QED) is 0.186. The van der Waals surface area contributed by atoms with E-state index in [0.29, 0.717) is 0 Å². The van der Waals surface area contributed by atoms with Gasteiger partial charge >= 0.3 is 17.2 Å². The smallest absolute Gasteiger partial charge is 0.324 e. The minimum atomic E-state index is -2.62. The lowest BCUT2D eigenvalue weighted by Gasteiger charge is -2.34. The Hall–Kier alpha value is 1.04. The normalized spacial score (nSPS) is 11.7. The molecule has 0 aromatic carbocycles. The first-order valence-corrected chi connectivity index (χ1v) is 7.22. The molecule has 0 saturated heterocycles. The lowest BCUT2D eigenvalue weighted by molar-refractivity contribution is -0.0688. The van der Waals surface area contributed by atoms with Gasteiger partial charge in [-0.2, -0.15) is 0 Å². The SMILES string of the molecule is OCC(CO)(CO)C(O)(Cl)Cl.OP(O)O.OP(O)O. The van der Waals surface area contributed by atoms with Gasteiger partial charge < -0.3 is 49.8 Å². The molecule has 0 aliphatic carbocycles. The van der Waals surface area contributed by atoms with Crippen LogP contribution < -0.4 is 0 Å². The highest BCUT2D eigenvalue weighted by Crippen LogP contribution is 2.37. The average Bonchev–Trinajstić information content (AvgIpc) is 2.17. The monoisotopic (exact) mass is 368 g/mol. The van der Waals surface area contributed by atoms with Crippen LogP contribution in [-0.2, 0) is 0 Å². The molecule has 0 heterocycles. The Morgan fingerprint density at radius 1 is 0.684 bits per heavy atom. The molecule has 10 nitrogen and oxygen atoms in total. The molecule has 0 radical (unpaired) electrons. The molecule has 0 aromatic rings. The standard InChI is InChI=1S/C5H10Cl2O4.2H3O3P/c6-5(7,11)4(1-8,2-9)3-10;2*1-4(2)3/h8-11H,1-3H2;2*1-3H. The van der Waals surface area contributed by atoms with Gasteiger partial charge in [0.05, 0.1) is 25.2 Å². The van der Waals surface area contributed by atoms with E-state index in [2.05, 4.69) is 0 Å². The molecule has 0 fully saturated rings. The van der Waals surface area contributed by atoms with Gasteiger partial charge in [-0.05, 0) is 0 Å². The van der Waals surface area contributed by atoms with Crippen molar-refractivity contribution in [2.75, 3.05) is 19.8 Å². The van der Waals surface area contributed by atoms with E-state index < -0.39 is 47.0 Å². The summed E-state index contributed by atoms with van der Waals surface area (Å²) in [6.45, 7) is -2.11. The van der Waals surface area contributed by atoms with Crippen LogP contribution in [-0.4, -0.2) is 74.1 Å². The summed E-state index contributed by atoms with van der Waals surface area (Å²) in [4.78, 5) is 43.4. The molecule has 0 aliphatic rings. The summed E-state index contributed by atoms with van der Waals surface area (Å²) >= 11 is 10.4. The van der Waals surface area contributed by atoms with Crippen molar-refractivity contribution < 1.29 is 49.8 Å². The molecule has 19 heavy (non-hydrogen) atoms. The molecule has 0 amide bonds. The summed E-state index contributed by atoms with van der Waals surface area (Å²) < 4.78 is -2.34. The van der Waals surface area contributed by atoms with Crippen molar-refractivity contribution in [3.05, 3.63) is 0 Å². The van der Waals surface area contributed by atoms with E-state index in [1.807, 2.05) is 0 Å². The summed E-state index contributed by atoms with van der Waals surface area (Å²) in [5, 5.41) is 35.0. The Morgan fingerprint density at radius 2 is 0.842 bits per heavy atom. The summed E-state index contributed by atoms with van der Waals surface area (Å²) in [5.74, 6) is 0. The van der Waals surface area contributed by atoms with Crippen LogP contribution in [0.5, 0.6) is 0 Å². The summed E-state index contributed by atoms with van der Waals surface area (Å²) in [6.07, 6.45) is 0. The lowest BCUT2D eigenvalue weighted by atomic mass is 9.92. The van der Waals surface area contributed by atoms with Gasteiger partial charge in [-0.3, -0.25) is 0 Å². The van der Waals surface area contributed by atoms with Crippen molar-refractivity contribution in [2.45, 2.75) is 4.52 Å². The van der Waals surface area contributed by atoms with Crippen molar-refractivity contribution in [3.8, 4) is 0 Å². The van der Waals surface area contributed by atoms with Gasteiger partial charge in [-0.15, -0.1) is 0 Å². The average molecular weight is 369 g/mol. The number of alkyl halides is 2. The highest BCUT2D eigenvalue weighted by molar-refractivity contribution is 7.38. The van der Waals surface area contributed by atoms with E-state index >= 15 is 0 Å². The van der Waals surface area contributed by atoms with Crippen LogP contribution in [0.3, 0.4) is 0 Å². The minimum absolute atomic E-state index is 0.705. The molecule has 14 heteroatoms. The van der Waals surface area contributed by atoms with Gasteiger partial charge in [0.1, 0.15) is 0 Å². The van der Waals surface area contributed by atoms with E-state index in [9.17, 15) is 0 Å². The Kier molecular flexibility index (Phi) is 16.8. The fraction of sp³-hybridized carbons (Fsp3) is 1.00. The van der Waals surface area contributed by atoms with Gasteiger partial charge in [0.15, 0.2) is 0 Å². The Morgan fingerprint density at radius 3 is 0.842 bits per heavy atom. The first-order chi connectivity index (χ1) is 8.40. The molecule has 120 valence electrons. The predicted octanol–water partition coefficient (Wildman–Crippen LogP) is -2.55. The third kappa shape index (κ3) is 15.3. The van der Waals surface area contributed by atoms with E-state index in [1.165, 1.54) is 0 Å². The number of hydrogen-bond donors (Lipinski definition) is 10. The Labute approximate surface area is 120 Å². The molecular weight excluding hydrogens is 353 g/mol. The number of hydrogen-bond acceptors (Lipinski definition) is 10. The van der Waals surface area contributed by atoms with Crippen LogP contribution in [0, 0.1) is 5.41 Å². The predicted molar refractivity (Wildman–Crippen MR) is 67.5 cm³/mol. The topological polar surface area (TPSA) is 202 Å². The highest BCUT2D eigenvalue weighted by Gasteiger charge is 2.47. The first-order valence-electron chi connectivity index (χ1n) is 4.06. The maximum absolute atomic E-state index is 8.98. The molecule has 10 N–H and O–H groups in total. The van der Waals surface area contributed by atoms with E-state index in [1.54, 1.807) is 0 Å². The lowest BCUT2D eigenvalue weighted by Crippen LogP contribution is -2.48. The molecule has 0 atom stereocenters. The van der Waals surface area contributed by atoms with Crippen LogP contribution in [0.15, 0.2) is 0 Å². The Balaban J connectivity index is -0.000000264. The number of rotatable bonds is 4. The first kappa shape index (κ1) is 25.0. The van der Waals surface area contributed by atoms with Crippen molar-refractivity contribution >= 4 is 40.4 Å². The minimum Gasteiger partial charge on any atom is -0.395 e. The molecule has 0 aromatic heterocycles. The third-order valence-corrected chi connectivity index (χ3v) is 2.35. The molecule has 0 unspecified atom stereocenters. The van der Waals surface area contributed by atoms with Gasteiger partial charge in [-0.1, -0.05) is 23.2 Å². The van der Waals surface area contributed by atoms with Crippen LogP contribution in [0.1, 0.15) is 0 Å². The van der Waals surface area contributed by atoms with Crippen LogP contribution in [0.4, 0.5) is 0 Å². The molecule has 0 saturated carbocycles. The number of aliphatic hydroxyl groups is 4. The molecule has 0 bridgehead atoms. The van der Waals surface area contributed by atoms with E-state index in [4.69, 9.17) is 73.0 Å². The van der Waals surface area contributed by atoms with Gasteiger partial charge in [0.2, 0.25) is 4.52 Å². The van der Waals surface area contributed by atoms with Crippen molar-refractivity contribution in [2.24, 2.45) is 5.41 Å². The molecule has 0 spiro atoms. The third-order valence-electron chi connectivity index (χ3n) is 1.55. The van der Waals surface area contributed by atoms with Crippen molar-refractivity contribution in [1.82, 2.24) is 0 Å². The van der Waals surface area contributed by atoms with Gasteiger partial charge in [-0.25, -0.2) is 0 Å². The van der Waals surface area contributed by atoms with Crippen molar-refractivity contribution in [3.63, 3.8) is 0 Å². The zero-order chi connectivity index (χ0) is 16.3. The largest absolute Gasteiger partial charge is 0.395 e. The molecular formula is C5H16Cl2O10P2.